The molecule has 2 aromatic carbocycles. The van der Waals surface area contributed by atoms with Crippen molar-refractivity contribution in [1.82, 2.24) is 4.98 Å². The molecule has 0 spiro atoms. The van der Waals surface area contributed by atoms with Crippen LogP contribution in [0.1, 0.15) is 11.1 Å². The minimum atomic E-state index is 0.617. The lowest BCUT2D eigenvalue weighted by molar-refractivity contribution is 0.620. The summed E-state index contributed by atoms with van der Waals surface area (Å²) < 4.78 is 5.76. The first-order valence-corrected chi connectivity index (χ1v) is 5.88. The maximum Gasteiger partial charge on any atom is 0.227 e. The molecule has 3 aromatic rings. The second kappa shape index (κ2) is 3.88. The lowest BCUT2D eigenvalue weighted by atomic mass is 10.1. The Morgan fingerprint density at radius 3 is 2.61 bits per heavy atom. The van der Waals surface area contributed by atoms with Crippen molar-refractivity contribution in [3.05, 3.63) is 47.5 Å². The van der Waals surface area contributed by atoms with Crippen LogP contribution in [0.5, 0.6) is 0 Å². The molecule has 0 saturated heterocycles. The van der Waals surface area contributed by atoms with Gasteiger partial charge in [0, 0.05) is 11.3 Å². The summed E-state index contributed by atoms with van der Waals surface area (Å²) in [6.07, 6.45) is 0. The summed E-state index contributed by atoms with van der Waals surface area (Å²) >= 11 is 0. The maximum absolute atomic E-state index is 5.91. The highest BCUT2D eigenvalue weighted by Gasteiger charge is 2.10. The molecule has 0 aliphatic rings. The number of para-hydroxylation sites is 1. The van der Waals surface area contributed by atoms with E-state index in [1.54, 1.807) is 0 Å². The van der Waals surface area contributed by atoms with E-state index >= 15 is 0 Å². The van der Waals surface area contributed by atoms with Crippen LogP contribution in [-0.4, -0.2) is 4.98 Å². The zero-order valence-corrected chi connectivity index (χ0v) is 10.4. The Labute approximate surface area is 105 Å². The van der Waals surface area contributed by atoms with Crippen LogP contribution >= 0.6 is 0 Å². The lowest BCUT2D eigenvalue weighted by Crippen LogP contribution is -1.89. The van der Waals surface area contributed by atoms with E-state index in [9.17, 15) is 0 Å². The van der Waals surface area contributed by atoms with E-state index in [1.807, 2.05) is 50.2 Å². The van der Waals surface area contributed by atoms with Crippen molar-refractivity contribution in [3.63, 3.8) is 0 Å². The molecule has 1 heterocycles. The third-order valence-electron chi connectivity index (χ3n) is 3.15. The summed E-state index contributed by atoms with van der Waals surface area (Å²) in [4.78, 5) is 4.53. The van der Waals surface area contributed by atoms with Crippen LogP contribution in [0.2, 0.25) is 0 Å². The minimum absolute atomic E-state index is 0.617. The van der Waals surface area contributed by atoms with Crippen LogP contribution in [-0.2, 0) is 0 Å². The molecule has 2 N–H and O–H groups in total. The van der Waals surface area contributed by atoms with E-state index in [1.165, 1.54) is 0 Å². The molecule has 3 heteroatoms. The van der Waals surface area contributed by atoms with Gasteiger partial charge in [0.15, 0.2) is 5.58 Å². The number of nitrogens with two attached hydrogens (primary N) is 1. The molecule has 0 atom stereocenters. The number of benzene rings is 2. The monoisotopic (exact) mass is 238 g/mol. The van der Waals surface area contributed by atoms with E-state index in [0.717, 1.165) is 33.5 Å². The SMILES string of the molecule is Cc1ccc(-c2nc3c(C)cccc3o2)cc1N. The standard InChI is InChI=1S/C15H14N2O/c1-9-6-7-11(8-12(9)16)15-17-14-10(2)4-3-5-13(14)18-15/h3-8H,16H2,1-2H3. The van der Waals surface area contributed by atoms with Gasteiger partial charge in [-0.05, 0) is 43.2 Å². The van der Waals surface area contributed by atoms with Gasteiger partial charge in [-0.15, -0.1) is 0 Å². The number of oxazole rings is 1. The van der Waals surface area contributed by atoms with Crippen molar-refractivity contribution in [2.75, 3.05) is 5.73 Å². The summed E-state index contributed by atoms with van der Waals surface area (Å²) in [5.41, 5.74) is 11.5. The molecule has 0 radical (unpaired) electrons. The zero-order chi connectivity index (χ0) is 12.7. The summed E-state index contributed by atoms with van der Waals surface area (Å²) in [5.74, 6) is 0.617. The van der Waals surface area contributed by atoms with Crippen molar-refractivity contribution < 1.29 is 4.42 Å². The Kier molecular flexibility index (Phi) is 2.33. The fraction of sp³-hybridized carbons (Fsp3) is 0.133. The second-order valence-electron chi connectivity index (χ2n) is 4.51. The highest BCUT2D eigenvalue weighted by atomic mass is 16.3. The van der Waals surface area contributed by atoms with Gasteiger partial charge in [0.2, 0.25) is 5.89 Å². The molecule has 0 unspecified atom stereocenters. The Hall–Kier alpha value is -2.29. The number of fused-ring (bicyclic) bond motifs is 1. The molecular formula is C15H14N2O. The average molecular weight is 238 g/mol. The number of hydrogen-bond donors (Lipinski definition) is 1. The molecule has 0 amide bonds. The van der Waals surface area contributed by atoms with E-state index in [4.69, 9.17) is 10.2 Å². The van der Waals surface area contributed by atoms with Gasteiger partial charge in [-0.1, -0.05) is 18.2 Å². The van der Waals surface area contributed by atoms with Crippen molar-refractivity contribution in [2.45, 2.75) is 13.8 Å². The minimum Gasteiger partial charge on any atom is -0.436 e. The smallest absolute Gasteiger partial charge is 0.227 e. The average Bonchev–Trinajstić information content (AvgIpc) is 2.78. The molecule has 0 fully saturated rings. The van der Waals surface area contributed by atoms with Crippen LogP contribution < -0.4 is 5.73 Å². The van der Waals surface area contributed by atoms with Crippen molar-refractivity contribution in [3.8, 4) is 11.5 Å². The molecule has 90 valence electrons. The van der Waals surface area contributed by atoms with Gasteiger partial charge in [-0.2, -0.15) is 0 Å². The van der Waals surface area contributed by atoms with Crippen LogP contribution in [0, 0.1) is 13.8 Å². The van der Waals surface area contributed by atoms with Crippen LogP contribution in [0.3, 0.4) is 0 Å². The number of hydrogen-bond acceptors (Lipinski definition) is 3. The molecular weight excluding hydrogens is 224 g/mol. The highest BCUT2D eigenvalue weighted by molar-refractivity contribution is 5.79. The first-order chi connectivity index (χ1) is 8.65. The number of aryl methyl sites for hydroxylation is 2. The van der Waals surface area contributed by atoms with Crippen molar-refractivity contribution >= 4 is 16.8 Å². The van der Waals surface area contributed by atoms with Gasteiger partial charge in [0.25, 0.3) is 0 Å². The summed E-state index contributed by atoms with van der Waals surface area (Å²) in [6.45, 7) is 4.01. The topological polar surface area (TPSA) is 52.0 Å². The molecule has 18 heavy (non-hydrogen) atoms. The highest BCUT2D eigenvalue weighted by Crippen LogP contribution is 2.27. The Balaban J connectivity index is 2.19. The van der Waals surface area contributed by atoms with Crippen LogP contribution in [0.25, 0.3) is 22.6 Å². The maximum atomic E-state index is 5.91. The van der Waals surface area contributed by atoms with E-state index in [-0.39, 0.29) is 0 Å². The van der Waals surface area contributed by atoms with E-state index in [2.05, 4.69) is 4.98 Å². The van der Waals surface area contributed by atoms with Gasteiger partial charge >= 0.3 is 0 Å². The predicted molar refractivity (Wildman–Crippen MR) is 73.3 cm³/mol. The molecule has 0 aliphatic carbocycles. The third-order valence-corrected chi connectivity index (χ3v) is 3.15. The molecule has 0 saturated carbocycles. The lowest BCUT2D eigenvalue weighted by Gasteiger charge is -2.00. The number of anilines is 1. The molecule has 3 nitrogen and oxygen atoms in total. The zero-order valence-electron chi connectivity index (χ0n) is 10.4. The normalized spacial score (nSPS) is 11.0. The Morgan fingerprint density at radius 1 is 1.06 bits per heavy atom. The van der Waals surface area contributed by atoms with Crippen LogP contribution in [0.15, 0.2) is 40.8 Å². The molecule has 0 aliphatic heterocycles. The van der Waals surface area contributed by atoms with Gasteiger partial charge < -0.3 is 10.2 Å². The number of aromatic nitrogens is 1. The molecule has 3 rings (SSSR count). The van der Waals surface area contributed by atoms with Gasteiger partial charge in [-0.3, -0.25) is 0 Å². The predicted octanol–water partition coefficient (Wildman–Crippen LogP) is 3.69. The first-order valence-electron chi connectivity index (χ1n) is 5.88. The summed E-state index contributed by atoms with van der Waals surface area (Å²) in [5, 5.41) is 0. The number of nitrogen functional groups attached to an aromatic ring is 1. The molecule has 0 bridgehead atoms. The quantitative estimate of drug-likeness (QED) is 0.658. The summed E-state index contributed by atoms with van der Waals surface area (Å²) in [7, 11) is 0. The Morgan fingerprint density at radius 2 is 1.89 bits per heavy atom. The van der Waals surface area contributed by atoms with E-state index < -0.39 is 0 Å². The third kappa shape index (κ3) is 1.64. The van der Waals surface area contributed by atoms with Crippen molar-refractivity contribution in [1.29, 1.82) is 0 Å². The van der Waals surface area contributed by atoms with Gasteiger partial charge in [-0.25, -0.2) is 4.98 Å². The molecule has 1 aromatic heterocycles. The second-order valence-corrected chi connectivity index (χ2v) is 4.51. The fourth-order valence-electron chi connectivity index (χ4n) is 1.98. The van der Waals surface area contributed by atoms with Crippen molar-refractivity contribution in [2.24, 2.45) is 0 Å². The van der Waals surface area contributed by atoms with Gasteiger partial charge in [0.05, 0.1) is 0 Å². The van der Waals surface area contributed by atoms with E-state index in [0.29, 0.717) is 5.89 Å². The fourth-order valence-corrected chi connectivity index (χ4v) is 1.98. The Bertz CT molecular complexity index is 728. The number of nitrogens with zero attached hydrogens (tertiary/aromatic N) is 1. The van der Waals surface area contributed by atoms with Crippen LogP contribution in [0.4, 0.5) is 5.69 Å². The first kappa shape index (κ1) is 10.8. The largest absolute Gasteiger partial charge is 0.436 e. The van der Waals surface area contributed by atoms with Gasteiger partial charge in [0.1, 0.15) is 5.52 Å². The number of rotatable bonds is 1. The summed E-state index contributed by atoms with van der Waals surface area (Å²) in [6, 6.07) is 11.8.